The van der Waals surface area contributed by atoms with E-state index in [0.29, 0.717) is 44.1 Å². The normalized spacial score (nSPS) is 13.7. The van der Waals surface area contributed by atoms with Crippen molar-refractivity contribution >= 4 is 28.9 Å². The van der Waals surface area contributed by atoms with Gasteiger partial charge in [0, 0.05) is 43.7 Å². The van der Waals surface area contributed by atoms with Crippen molar-refractivity contribution in [3.8, 4) is 0 Å². The zero-order chi connectivity index (χ0) is 31.2. The van der Waals surface area contributed by atoms with E-state index in [4.69, 9.17) is 5.84 Å². The third kappa shape index (κ3) is 21.4. The zero-order valence-electron chi connectivity index (χ0n) is 27.1. The molecule has 0 aromatic rings. The summed E-state index contributed by atoms with van der Waals surface area (Å²) in [6.45, 7) is 22.6. The van der Waals surface area contributed by atoms with Gasteiger partial charge in [-0.05, 0) is 64.7 Å². The number of nitrogens with one attached hydrogen (secondary N) is 4. The van der Waals surface area contributed by atoms with Crippen LogP contribution < -0.4 is 27.1 Å². The fraction of sp³-hybridized carbons (Fsp3) is 0.897. The molecule has 11 heteroatoms. The van der Waals surface area contributed by atoms with Crippen LogP contribution in [0.4, 0.5) is 0 Å². The van der Waals surface area contributed by atoms with E-state index in [2.05, 4.69) is 69.7 Å². The molecule has 0 radical (unpaired) electrons. The van der Waals surface area contributed by atoms with Crippen molar-refractivity contribution < 1.29 is 18.9 Å². The summed E-state index contributed by atoms with van der Waals surface area (Å²) in [6.07, 6.45) is 3.28. The SMILES string of the molecule is CC(C)(C)CCNC(=O)CC[S+]([O-])CCNC(C)(C)CCC(C)(C)CC(=O)NCCNC(=O)CN(N)C(C)(C)C. The van der Waals surface area contributed by atoms with E-state index in [1.54, 1.807) is 0 Å². The van der Waals surface area contributed by atoms with Gasteiger partial charge >= 0.3 is 0 Å². The summed E-state index contributed by atoms with van der Waals surface area (Å²) in [7, 11) is 0. The maximum absolute atomic E-state index is 12.5. The van der Waals surface area contributed by atoms with Crippen molar-refractivity contribution in [2.75, 3.05) is 44.2 Å². The monoisotopic (exact) mass is 588 g/mol. The Labute approximate surface area is 247 Å². The molecule has 0 aliphatic heterocycles. The van der Waals surface area contributed by atoms with Crippen LogP contribution in [-0.2, 0) is 25.6 Å². The molecule has 0 aliphatic carbocycles. The Bertz CT molecular complexity index is 777. The second-order valence-corrected chi connectivity index (χ2v) is 16.1. The van der Waals surface area contributed by atoms with Gasteiger partial charge in [0.2, 0.25) is 17.7 Å². The lowest BCUT2D eigenvalue weighted by Crippen LogP contribution is -2.51. The number of rotatable bonds is 19. The Morgan fingerprint density at radius 3 is 1.82 bits per heavy atom. The second kappa shape index (κ2) is 17.5. The standard InChI is InChI=1S/C29H60N6O4S/c1-26(2,3)14-15-31-23(36)11-19-40(39)20-18-34-29(9,10)13-12-28(7,8)21-24(37)32-16-17-33-25(38)22-35(30)27(4,5)6/h34H,11-22,30H2,1-10H3,(H,31,36)(H,32,37)(H,33,38). The summed E-state index contributed by atoms with van der Waals surface area (Å²) in [5.41, 5.74) is -0.486. The summed E-state index contributed by atoms with van der Waals surface area (Å²) < 4.78 is 12.4. The lowest BCUT2D eigenvalue weighted by atomic mass is 9.80. The molecule has 1 unspecified atom stereocenters. The minimum Gasteiger partial charge on any atom is -0.616 e. The molecule has 0 rings (SSSR count). The van der Waals surface area contributed by atoms with Gasteiger partial charge in [-0.1, -0.05) is 45.8 Å². The topological polar surface area (TPSA) is 152 Å². The van der Waals surface area contributed by atoms with E-state index < -0.39 is 11.2 Å². The molecular weight excluding hydrogens is 528 g/mol. The van der Waals surface area contributed by atoms with E-state index in [0.717, 1.165) is 19.3 Å². The highest BCUT2D eigenvalue weighted by molar-refractivity contribution is 7.91. The minimum atomic E-state index is -1.05. The van der Waals surface area contributed by atoms with Crippen LogP contribution >= 0.6 is 0 Å². The Balaban J connectivity index is 4.18. The lowest BCUT2D eigenvalue weighted by Gasteiger charge is -2.32. The van der Waals surface area contributed by atoms with Crippen LogP contribution in [0.3, 0.4) is 0 Å². The summed E-state index contributed by atoms with van der Waals surface area (Å²) >= 11 is -1.05. The van der Waals surface area contributed by atoms with E-state index in [-0.39, 0.29) is 52.6 Å². The van der Waals surface area contributed by atoms with Crippen molar-refractivity contribution in [2.24, 2.45) is 16.7 Å². The summed E-state index contributed by atoms with van der Waals surface area (Å²) in [6, 6.07) is 0. The van der Waals surface area contributed by atoms with Crippen LogP contribution in [0.2, 0.25) is 0 Å². The van der Waals surface area contributed by atoms with Gasteiger partial charge in [-0.15, -0.1) is 0 Å². The van der Waals surface area contributed by atoms with Gasteiger partial charge < -0.3 is 25.8 Å². The van der Waals surface area contributed by atoms with E-state index in [9.17, 15) is 18.9 Å². The van der Waals surface area contributed by atoms with Crippen molar-refractivity contribution in [3.05, 3.63) is 0 Å². The first-order valence-electron chi connectivity index (χ1n) is 14.5. The highest BCUT2D eigenvalue weighted by Gasteiger charge is 2.27. The number of hydrogen-bond donors (Lipinski definition) is 5. The average Bonchev–Trinajstić information content (AvgIpc) is 2.77. The minimum absolute atomic E-state index is 0.0408. The number of carbonyl (C=O) groups is 3. The van der Waals surface area contributed by atoms with Crippen LogP contribution in [0.5, 0.6) is 0 Å². The quantitative estimate of drug-likeness (QED) is 0.0673. The zero-order valence-corrected chi connectivity index (χ0v) is 27.9. The molecular formula is C29H60N6O4S. The molecule has 0 aromatic heterocycles. The molecule has 10 nitrogen and oxygen atoms in total. The third-order valence-electron chi connectivity index (χ3n) is 6.70. The van der Waals surface area contributed by atoms with Crippen molar-refractivity contribution in [3.63, 3.8) is 0 Å². The molecule has 0 fully saturated rings. The third-order valence-corrected chi connectivity index (χ3v) is 8.02. The maximum atomic E-state index is 12.5. The molecule has 0 saturated heterocycles. The van der Waals surface area contributed by atoms with Crippen LogP contribution in [0.25, 0.3) is 0 Å². The number of hydrazine groups is 1. The Morgan fingerprint density at radius 2 is 1.27 bits per heavy atom. The van der Waals surface area contributed by atoms with Crippen LogP contribution in [-0.4, -0.2) is 82.6 Å². The molecule has 0 heterocycles. The van der Waals surface area contributed by atoms with Gasteiger partial charge in [-0.3, -0.25) is 20.2 Å². The average molecular weight is 589 g/mol. The first kappa shape index (κ1) is 38.6. The van der Waals surface area contributed by atoms with Crippen molar-refractivity contribution in [2.45, 2.75) is 112 Å². The predicted octanol–water partition coefficient (Wildman–Crippen LogP) is 2.45. The molecule has 236 valence electrons. The largest absolute Gasteiger partial charge is 0.616 e. The number of amides is 3. The molecule has 3 amide bonds. The van der Waals surface area contributed by atoms with Crippen LogP contribution in [0.15, 0.2) is 0 Å². The van der Waals surface area contributed by atoms with Gasteiger partial charge in [0.1, 0.15) is 11.5 Å². The smallest absolute Gasteiger partial charge is 0.235 e. The Morgan fingerprint density at radius 1 is 0.725 bits per heavy atom. The molecule has 1 atom stereocenters. The van der Waals surface area contributed by atoms with E-state index >= 15 is 0 Å². The predicted molar refractivity (Wildman–Crippen MR) is 166 cm³/mol. The number of carbonyl (C=O) groups excluding carboxylic acids is 3. The van der Waals surface area contributed by atoms with Gasteiger partial charge in [-0.25, -0.2) is 5.01 Å². The first-order valence-corrected chi connectivity index (χ1v) is 16.0. The van der Waals surface area contributed by atoms with Gasteiger partial charge in [0.05, 0.1) is 13.0 Å². The Hall–Kier alpha value is -1.40. The molecule has 6 N–H and O–H groups in total. The van der Waals surface area contributed by atoms with Crippen LogP contribution in [0.1, 0.15) is 101 Å². The van der Waals surface area contributed by atoms with Crippen molar-refractivity contribution in [1.82, 2.24) is 26.3 Å². The fourth-order valence-corrected chi connectivity index (χ4v) is 4.60. The molecule has 0 saturated carbocycles. The molecule has 0 aliphatic rings. The highest BCUT2D eigenvalue weighted by Crippen LogP contribution is 2.29. The number of nitrogens with two attached hydrogens (primary N) is 1. The first-order chi connectivity index (χ1) is 18.1. The Kier molecular flexibility index (Phi) is 16.9. The lowest BCUT2D eigenvalue weighted by molar-refractivity contribution is -0.125. The van der Waals surface area contributed by atoms with Gasteiger partial charge in [0.15, 0.2) is 0 Å². The summed E-state index contributed by atoms with van der Waals surface area (Å²) in [5, 5.41) is 13.5. The second-order valence-electron chi connectivity index (χ2n) is 14.4. The van der Waals surface area contributed by atoms with Crippen molar-refractivity contribution in [1.29, 1.82) is 0 Å². The summed E-state index contributed by atoms with van der Waals surface area (Å²) in [4.78, 5) is 36.4. The van der Waals surface area contributed by atoms with E-state index in [1.807, 2.05) is 20.8 Å². The van der Waals surface area contributed by atoms with Gasteiger partial charge in [-0.2, -0.15) is 0 Å². The highest BCUT2D eigenvalue weighted by atomic mass is 32.2. The fourth-order valence-electron chi connectivity index (χ4n) is 3.65. The molecule has 0 bridgehead atoms. The van der Waals surface area contributed by atoms with E-state index in [1.165, 1.54) is 5.01 Å². The molecule has 0 spiro atoms. The van der Waals surface area contributed by atoms with Gasteiger partial charge in [0.25, 0.3) is 0 Å². The molecule has 0 aromatic carbocycles. The molecule has 40 heavy (non-hydrogen) atoms. The number of nitrogens with zero attached hydrogens (tertiary/aromatic N) is 1. The number of hydrogen-bond acceptors (Lipinski definition) is 7. The maximum Gasteiger partial charge on any atom is 0.235 e. The van der Waals surface area contributed by atoms with Crippen LogP contribution in [0, 0.1) is 10.8 Å². The summed E-state index contributed by atoms with van der Waals surface area (Å²) in [5.74, 6) is 6.50.